The summed E-state index contributed by atoms with van der Waals surface area (Å²) in [5, 5.41) is 4.17. The van der Waals surface area contributed by atoms with Crippen LogP contribution >= 0.6 is 0 Å². The Hall–Kier alpha value is -2.48. The normalized spacial score (nSPS) is 17.8. The zero-order valence-corrected chi connectivity index (χ0v) is 14.2. The summed E-state index contributed by atoms with van der Waals surface area (Å²) in [6, 6.07) is 1.83. The maximum atomic E-state index is 12.7. The molecule has 128 valence electrons. The van der Waals surface area contributed by atoms with Gasteiger partial charge >= 0.3 is 0 Å². The highest BCUT2D eigenvalue weighted by molar-refractivity contribution is 5.93. The van der Waals surface area contributed by atoms with Crippen LogP contribution < -0.4 is 4.90 Å². The number of carbonyl (C=O) groups is 1. The SMILES string of the molecule is CCn1cc(C(=O)N2CCOC(c3ccnc(N(C)C)n3)C2)cn1. The molecule has 8 nitrogen and oxygen atoms in total. The molecule has 0 aromatic carbocycles. The maximum Gasteiger partial charge on any atom is 0.257 e. The molecule has 24 heavy (non-hydrogen) atoms. The molecule has 1 unspecified atom stereocenters. The van der Waals surface area contributed by atoms with Gasteiger partial charge in [0.25, 0.3) is 5.91 Å². The number of anilines is 1. The van der Waals surface area contributed by atoms with E-state index in [4.69, 9.17) is 4.74 Å². The summed E-state index contributed by atoms with van der Waals surface area (Å²) < 4.78 is 7.57. The second kappa shape index (κ2) is 6.96. The van der Waals surface area contributed by atoms with E-state index < -0.39 is 0 Å². The predicted molar refractivity (Wildman–Crippen MR) is 88.9 cm³/mol. The Morgan fingerprint density at radius 2 is 2.29 bits per heavy atom. The molecule has 3 rings (SSSR count). The minimum Gasteiger partial charge on any atom is -0.368 e. The van der Waals surface area contributed by atoms with Crippen molar-refractivity contribution in [2.24, 2.45) is 0 Å². The third-order valence-electron chi connectivity index (χ3n) is 3.95. The highest BCUT2D eigenvalue weighted by atomic mass is 16.5. The number of ether oxygens (including phenoxy) is 1. The minimum absolute atomic E-state index is 0.0233. The average Bonchev–Trinajstić information content (AvgIpc) is 3.10. The lowest BCUT2D eigenvalue weighted by Gasteiger charge is -2.32. The van der Waals surface area contributed by atoms with E-state index >= 15 is 0 Å². The first-order valence-corrected chi connectivity index (χ1v) is 8.02. The number of carbonyl (C=O) groups excluding carboxylic acids is 1. The van der Waals surface area contributed by atoms with Gasteiger partial charge < -0.3 is 14.5 Å². The first-order chi connectivity index (χ1) is 11.6. The van der Waals surface area contributed by atoms with Crippen LogP contribution in [-0.2, 0) is 11.3 Å². The van der Waals surface area contributed by atoms with Gasteiger partial charge in [-0.15, -0.1) is 0 Å². The van der Waals surface area contributed by atoms with E-state index in [9.17, 15) is 4.79 Å². The van der Waals surface area contributed by atoms with Crippen LogP contribution in [0, 0.1) is 0 Å². The number of aromatic nitrogens is 4. The smallest absolute Gasteiger partial charge is 0.257 e. The fourth-order valence-electron chi connectivity index (χ4n) is 2.60. The number of aryl methyl sites for hydroxylation is 1. The second-order valence-corrected chi connectivity index (χ2v) is 5.87. The van der Waals surface area contributed by atoms with E-state index in [1.165, 1.54) is 0 Å². The van der Waals surface area contributed by atoms with Gasteiger partial charge in [0.15, 0.2) is 0 Å². The molecule has 8 heteroatoms. The van der Waals surface area contributed by atoms with Gasteiger partial charge in [-0.25, -0.2) is 9.97 Å². The highest BCUT2D eigenvalue weighted by Gasteiger charge is 2.28. The first-order valence-electron chi connectivity index (χ1n) is 8.02. The average molecular weight is 330 g/mol. The van der Waals surface area contributed by atoms with Gasteiger partial charge in [0.05, 0.1) is 30.6 Å². The number of hydrogen-bond acceptors (Lipinski definition) is 6. The van der Waals surface area contributed by atoms with Crippen molar-refractivity contribution in [2.45, 2.75) is 19.6 Å². The third kappa shape index (κ3) is 3.38. The summed E-state index contributed by atoms with van der Waals surface area (Å²) in [4.78, 5) is 25.0. The van der Waals surface area contributed by atoms with E-state index in [0.717, 1.165) is 12.2 Å². The van der Waals surface area contributed by atoms with Crippen LogP contribution in [0.2, 0.25) is 0 Å². The van der Waals surface area contributed by atoms with Gasteiger partial charge in [0, 0.05) is 39.6 Å². The second-order valence-electron chi connectivity index (χ2n) is 5.87. The van der Waals surface area contributed by atoms with E-state index in [1.807, 2.05) is 32.0 Å². The number of morpholine rings is 1. The number of rotatable bonds is 4. The monoisotopic (exact) mass is 330 g/mol. The van der Waals surface area contributed by atoms with Gasteiger partial charge in [-0.05, 0) is 13.0 Å². The zero-order chi connectivity index (χ0) is 17.1. The molecule has 1 fully saturated rings. The van der Waals surface area contributed by atoms with Crippen LogP contribution in [0.3, 0.4) is 0 Å². The summed E-state index contributed by atoms with van der Waals surface area (Å²) in [6.45, 7) is 4.26. The molecule has 0 N–H and O–H groups in total. The van der Waals surface area contributed by atoms with Crippen LogP contribution in [0.25, 0.3) is 0 Å². The molecule has 2 aromatic rings. The Balaban J connectivity index is 1.74. The Morgan fingerprint density at radius 1 is 1.46 bits per heavy atom. The third-order valence-corrected chi connectivity index (χ3v) is 3.95. The molecule has 1 amide bonds. The van der Waals surface area contributed by atoms with E-state index in [0.29, 0.717) is 31.2 Å². The molecule has 0 aliphatic carbocycles. The molecule has 0 bridgehead atoms. The summed E-state index contributed by atoms with van der Waals surface area (Å²) in [7, 11) is 3.78. The molecule has 1 aliphatic rings. The van der Waals surface area contributed by atoms with Crippen LogP contribution in [0.4, 0.5) is 5.95 Å². The van der Waals surface area contributed by atoms with Crippen molar-refractivity contribution in [3.63, 3.8) is 0 Å². The van der Waals surface area contributed by atoms with Crippen molar-refractivity contribution in [2.75, 3.05) is 38.7 Å². The molecule has 0 spiro atoms. The summed E-state index contributed by atoms with van der Waals surface area (Å²) >= 11 is 0. The molecule has 1 saturated heterocycles. The molecule has 1 atom stereocenters. The molecule has 1 aliphatic heterocycles. The predicted octanol–water partition coefficient (Wildman–Crippen LogP) is 0.973. The number of amides is 1. The van der Waals surface area contributed by atoms with E-state index in [1.54, 1.807) is 28.2 Å². The summed E-state index contributed by atoms with van der Waals surface area (Å²) in [6.07, 6.45) is 4.87. The lowest BCUT2D eigenvalue weighted by molar-refractivity contribution is -0.0247. The molecule has 0 saturated carbocycles. The topological polar surface area (TPSA) is 76.4 Å². The van der Waals surface area contributed by atoms with Crippen molar-refractivity contribution >= 4 is 11.9 Å². The molecule has 2 aromatic heterocycles. The summed E-state index contributed by atoms with van der Waals surface area (Å²) in [5.41, 5.74) is 1.39. The number of nitrogens with zero attached hydrogens (tertiary/aromatic N) is 6. The minimum atomic E-state index is -0.245. The number of hydrogen-bond donors (Lipinski definition) is 0. The fraction of sp³-hybridized carbons (Fsp3) is 0.500. The fourth-order valence-corrected chi connectivity index (χ4v) is 2.60. The van der Waals surface area contributed by atoms with Crippen molar-refractivity contribution in [3.8, 4) is 0 Å². The van der Waals surface area contributed by atoms with E-state index in [2.05, 4.69) is 15.1 Å². The van der Waals surface area contributed by atoms with E-state index in [-0.39, 0.29) is 12.0 Å². The van der Waals surface area contributed by atoms with Crippen LogP contribution in [0.1, 0.15) is 29.1 Å². The Morgan fingerprint density at radius 3 is 3.00 bits per heavy atom. The Bertz CT molecular complexity index is 714. The molecular weight excluding hydrogens is 308 g/mol. The van der Waals surface area contributed by atoms with Gasteiger partial charge in [-0.3, -0.25) is 9.48 Å². The Labute approximate surface area is 141 Å². The standard InChI is InChI=1S/C16H22N6O2/c1-4-22-10-12(9-18-22)15(23)21-7-8-24-14(11-21)13-5-6-17-16(19-13)20(2)3/h5-6,9-10,14H,4,7-8,11H2,1-3H3. The van der Waals surface area contributed by atoms with Gasteiger partial charge in [0.1, 0.15) is 6.10 Å². The van der Waals surface area contributed by atoms with Crippen LogP contribution in [-0.4, -0.2) is 64.3 Å². The van der Waals surface area contributed by atoms with Crippen molar-refractivity contribution < 1.29 is 9.53 Å². The first kappa shape index (κ1) is 16.4. The maximum absolute atomic E-state index is 12.7. The van der Waals surface area contributed by atoms with Gasteiger partial charge in [-0.1, -0.05) is 0 Å². The van der Waals surface area contributed by atoms with Gasteiger partial charge in [-0.2, -0.15) is 5.10 Å². The largest absolute Gasteiger partial charge is 0.368 e. The van der Waals surface area contributed by atoms with Crippen molar-refractivity contribution in [3.05, 3.63) is 35.9 Å². The lowest BCUT2D eigenvalue weighted by atomic mass is 10.2. The van der Waals surface area contributed by atoms with Crippen molar-refractivity contribution in [1.29, 1.82) is 0 Å². The Kier molecular flexibility index (Phi) is 4.75. The summed E-state index contributed by atoms with van der Waals surface area (Å²) in [5.74, 6) is 0.605. The lowest BCUT2D eigenvalue weighted by Crippen LogP contribution is -2.42. The molecule has 0 radical (unpaired) electrons. The van der Waals surface area contributed by atoms with Crippen LogP contribution in [0.15, 0.2) is 24.7 Å². The molecule has 3 heterocycles. The molecular formula is C16H22N6O2. The van der Waals surface area contributed by atoms with Crippen molar-refractivity contribution in [1.82, 2.24) is 24.6 Å². The zero-order valence-electron chi connectivity index (χ0n) is 14.2. The highest BCUT2D eigenvalue weighted by Crippen LogP contribution is 2.22. The quantitative estimate of drug-likeness (QED) is 0.831. The van der Waals surface area contributed by atoms with Gasteiger partial charge in [0.2, 0.25) is 5.95 Å². The van der Waals surface area contributed by atoms with Crippen LogP contribution in [0.5, 0.6) is 0 Å².